The number of nitrogens with zero attached hydrogens (tertiary/aromatic N) is 1. The summed E-state index contributed by atoms with van der Waals surface area (Å²) in [5.74, 6) is 0.828. The molecule has 1 aromatic carbocycles. The summed E-state index contributed by atoms with van der Waals surface area (Å²) in [7, 11) is 0. The molecule has 112 valence electrons. The van der Waals surface area contributed by atoms with E-state index in [0.29, 0.717) is 12.1 Å². The number of hydrogen-bond acceptors (Lipinski definition) is 2. The normalized spacial score (nSPS) is 20.8. The largest absolute Gasteiger partial charge is 0.307 e. The van der Waals surface area contributed by atoms with Gasteiger partial charge in [0.2, 0.25) is 0 Å². The second-order valence-electron chi connectivity index (χ2n) is 6.27. The van der Waals surface area contributed by atoms with Gasteiger partial charge in [0.25, 0.3) is 0 Å². The predicted octanol–water partition coefficient (Wildman–Crippen LogP) is 3.85. The Kier molecular flexibility index (Phi) is 6.06. The molecule has 0 bridgehead atoms. The van der Waals surface area contributed by atoms with E-state index in [1.54, 1.807) is 0 Å². The average molecular weight is 274 g/mol. The van der Waals surface area contributed by atoms with Gasteiger partial charge in [0.1, 0.15) is 0 Å². The van der Waals surface area contributed by atoms with Crippen molar-refractivity contribution in [3.63, 3.8) is 0 Å². The summed E-state index contributed by atoms with van der Waals surface area (Å²) in [6, 6.07) is 11.8. The van der Waals surface area contributed by atoms with Crippen LogP contribution in [0.2, 0.25) is 0 Å². The summed E-state index contributed by atoms with van der Waals surface area (Å²) < 4.78 is 0. The van der Waals surface area contributed by atoms with Crippen LogP contribution in [0.1, 0.15) is 51.6 Å². The zero-order valence-electron chi connectivity index (χ0n) is 13.3. The Balaban J connectivity index is 1.79. The first-order valence-corrected chi connectivity index (χ1v) is 8.24. The van der Waals surface area contributed by atoms with Gasteiger partial charge in [-0.25, -0.2) is 0 Å². The molecule has 1 fully saturated rings. The molecule has 1 aromatic rings. The molecule has 20 heavy (non-hydrogen) atoms. The van der Waals surface area contributed by atoms with E-state index in [0.717, 1.165) is 5.92 Å². The molecule has 0 aromatic heterocycles. The monoisotopic (exact) mass is 274 g/mol. The van der Waals surface area contributed by atoms with Gasteiger partial charge in [-0.05, 0) is 64.2 Å². The molecule has 2 rings (SSSR count). The minimum Gasteiger partial charge on any atom is -0.307 e. The minimum atomic E-state index is 0.444. The van der Waals surface area contributed by atoms with Gasteiger partial charge in [0, 0.05) is 12.1 Å². The van der Waals surface area contributed by atoms with Crippen molar-refractivity contribution in [1.29, 1.82) is 0 Å². The third-order valence-electron chi connectivity index (χ3n) is 4.69. The lowest BCUT2D eigenvalue weighted by Crippen LogP contribution is -2.42. The quantitative estimate of drug-likeness (QED) is 0.847. The van der Waals surface area contributed by atoms with Crippen molar-refractivity contribution in [3.8, 4) is 0 Å². The van der Waals surface area contributed by atoms with Gasteiger partial charge in [-0.1, -0.05) is 37.3 Å². The van der Waals surface area contributed by atoms with Crippen LogP contribution in [0.3, 0.4) is 0 Å². The number of rotatable bonds is 6. The van der Waals surface area contributed by atoms with Gasteiger partial charge in [0.05, 0.1) is 0 Å². The van der Waals surface area contributed by atoms with Crippen molar-refractivity contribution in [1.82, 2.24) is 10.2 Å². The predicted molar refractivity (Wildman–Crippen MR) is 86.9 cm³/mol. The first kappa shape index (κ1) is 15.5. The lowest BCUT2D eigenvalue weighted by Gasteiger charge is -2.36. The number of likely N-dealkylation sites (tertiary alicyclic amines) is 1. The number of hydrogen-bond donors (Lipinski definition) is 1. The summed E-state index contributed by atoms with van der Waals surface area (Å²) in [5.41, 5.74) is 1.39. The molecular formula is C18H30N2. The van der Waals surface area contributed by atoms with E-state index in [9.17, 15) is 0 Å². The Morgan fingerprint density at radius 3 is 2.40 bits per heavy atom. The molecule has 1 aliphatic heterocycles. The molecule has 0 radical (unpaired) electrons. The molecule has 2 nitrogen and oxygen atoms in total. The summed E-state index contributed by atoms with van der Waals surface area (Å²) in [5, 5.41) is 3.79. The highest BCUT2D eigenvalue weighted by atomic mass is 15.1. The van der Waals surface area contributed by atoms with Crippen LogP contribution in [0.4, 0.5) is 0 Å². The van der Waals surface area contributed by atoms with Crippen molar-refractivity contribution in [2.75, 3.05) is 19.6 Å². The van der Waals surface area contributed by atoms with Gasteiger partial charge in [-0.3, -0.25) is 0 Å². The summed E-state index contributed by atoms with van der Waals surface area (Å²) in [6.45, 7) is 10.7. The van der Waals surface area contributed by atoms with Crippen LogP contribution in [0.25, 0.3) is 0 Å². The third kappa shape index (κ3) is 4.32. The lowest BCUT2D eigenvalue weighted by molar-refractivity contribution is 0.159. The van der Waals surface area contributed by atoms with E-state index < -0.39 is 0 Å². The highest BCUT2D eigenvalue weighted by molar-refractivity contribution is 5.18. The van der Waals surface area contributed by atoms with Crippen molar-refractivity contribution in [2.24, 2.45) is 5.92 Å². The van der Waals surface area contributed by atoms with Crippen molar-refractivity contribution in [3.05, 3.63) is 35.9 Å². The molecule has 1 unspecified atom stereocenters. The van der Waals surface area contributed by atoms with Crippen LogP contribution in [0.5, 0.6) is 0 Å². The Morgan fingerprint density at radius 2 is 1.80 bits per heavy atom. The molecule has 0 aliphatic carbocycles. The SMILES string of the molecule is CCCN1CCC(C(C)N[C@@H](C)c2ccccc2)CC1. The fourth-order valence-electron chi connectivity index (χ4n) is 3.36. The number of nitrogens with one attached hydrogen (secondary N) is 1. The topological polar surface area (TPSA) is 15.3 Å². The van der Waals surface area contributed by atoms with Crippen LogP contribution >= 0.6 is 0 Å². The van der Waals surface area contributed by atoms with Gasteiger partial charge in [0.15, 0.2) is 0 Å². The molecular weight excluding hydrogens is 244 g/mol. The molecule has 0 amide bonds. The molecule has 1 aliphatic rings. The fraction of sp³-hybridized carbons (Fsp3) is 0.667. The summed E-state index contributed by atoms with van der Waals surface area (Å²) in [4.78, 5) is 2.61. The second-order valence-corrected chi connectivity index (χ2v) is 6.27. The average Bonchev–Trinajstić information content (AvgIpc) is 2.49. The Labute approximate surface area is 124 Å². The zero-order valence-corrected chi connectivity index (χ0v) is 13.3. The lowest BCUT2D eigenvalue weighted by atomic mass is 9.89. The minimum absolute atomic E-state index is 0.444. The fourth-order valence-corrected chi connectivity index (χ4v) is 3.36. The number of piperidine rings is 1. The Morgan fingerprint density at radius 1 is 1.15 bits per heavy atom. The van der Waals surface area contributed by atoms with E-state index in [4.69, 9.17) is 0 Å². The smallest absolute Gasteiger partial charge is 0.0294 e. The van der Waals surface area contributed by atoms with Crippen molar-refractivity contribution >= 4 is 0 Å². The molecule has 2 atom stereocenters. The van der Waals surface area contributed by atoms with E-state index in [1.165, 1.54) is 44.5 Å². The second kappa shape index (κ2) is 7.80. The zero-order chi connectivity index (χ0) is 14.4. The van der Waals surface area contributed by atoms with Gasteiger partial charge in [-0.2, -0.15) is 0 Å². The van der Waals surface area contributed by atoms with Crippen LogP contribution in [0, 0.1) is 5.92 Å². The van der Waals surface area contributed by atoms with E-state index >= 15 is 0 Å². The van der Waals surface area contributed by atoms with E-state index in [-0.39, 0.29) is 0 Å². The van der Waals surface area contributed by atoms with Gasteiger partial charge in [-0.15, -0.1) is 0 Å². The van der Waals surface area contributed by atoms with Gasteiger partial charge >= 0.3 is 0 Å². The first-order valence-electron chi connectivity index (χ1n) is 8.24. The van der Waals surface area contributed by atoms with Crippen LogP contribution in [-0.4, -0.2) is 30.6 Å². The maximum Gasteiger partial charge on any atom is 0.0294 e. The maximum absolute atomic E-state index is 3.79. The van der Waals surface area contributed by atoms with Crippen LogP contribution in [0.15, 0.2) is 30.3 Å². The highest BCUT2D eigenvalue weighted by Gasteiger charge is 2.24. The Bertz CT molecular complexity index is 368. The van der Waals surface area contributed by atoms with Crippen molar-refractivity contribution in [2.45, 2.75) is 52.1 Å². The van der Waals surface area contributed by atoms with E-state index in [2.05, 4.69) is 61.3 Å². The third-order valence-corrected chi connectivity index (χ3v) is 4.69. The van der Waals surface area contributed by atoms with Crippen LogP contribution in [-0.2, 0) is 0 Å². The summed E-state index contributed by atoms with van der Waals surface area (Å²) in [6.07, 6.45) is 3.97. The number of benzene rings is 1. The standard InChI is InChI=1S/C18H30N2/c1-4-12-20-13-10-18(11-14-20)16(3)19-15(2)17-8-6-5-7-9-17/h5-9,15-16,18-19H,4,10-14H2,1-3H3/t15-,16?/m0/s1. The molecule has 0 spiro atoms. The maximum atomic E-state index is 3.79. The first-order chi connectivity index (χ1) is 9.70. The summed E-state index contributed by atoms with van der Waals surface area (Å²) >= 11 is 0. The molecule has 1 saturated heterocycles. The van der Waals surface area contributed by atoms with Gasteiger partial charge < -0.3 is 10.2 Å². The molecule has 2 heteroatoms. The molecule has 1 N–H and O–H groups in total. The Hall–Kier alpha value is -0.860. The van der Waals surface area contributed by atoms with E-state index in [1.807, 2.05) is 0 Å². The molecule has 0 saturated carbocycles. The van der Waals surface area contributed by atoms with Crippen molar-refractivity contribution < 1.29 is 0 Å². The van der Waals surface area contributed by atoms with Crippen LogP contribution < -0.4 is 5.32 Å². The highest BCUT2D eigenvalue weighted by Crippen LogP contribution is 2.23. The molecule has 1 heterocycles.